The zero-order valence-corrected chi connectivity index (χ0v) is 10.6. The zero-order chi connectivity index (χ0) is 13.1. The monoisotopic (exact) mass is 263 g/mol. The fourth-order valence-electron chi connectivity index (χ4n) is 1.63. The van der Waals surface area contributed by atoms with Gasteiger partial charge in [-0.1, -0.05) is 0 Å². The molecule has 0 saturated carbocycles. The van der Waals surface area contributed by atoms with Gasteiger partial charge in [-0.2, -0.15) is 0 Å². The minimum Gasteiger partial charge on any atom is -0.478 e. The van der Waals surface area contributed by atoms with E-state index in [1.54, 1.807) is 29.0 Å². The maximum absolute atomic E-state index is 10.9. The summed E-state index contributed by atoms with van der Waals surface area (Å²) in [7, 11) is 1.91. The molecule has 1 aromatic heterocycles. The Morgan fingerprint density at radius 2 is 2.33 bits per heavy atom. The summed E-state index contributed by atoms with van der Waals surface area (Å²) in [6.07, 6.45) is 0. The van der Waals surface area contributed by atoms with Crippen LogP contribution in [-0.2, 0) is 6.54 Å². The number of carboxylic acids is 1. The molecule has 0 bridgehead atoms. The number of aromatic carboxylic acids is 1. The third-order valence-electron chi connectivity index (χ3n) is 2.59. The highest BCUT2D eigenvalue weighted by Crippen LogP contribution is 2.22. The maximum atomic E-state index is 10.9. The molecular formula is C12H13N3O2S. The molecule has 3 N–H and O–H groups in total. The van der Waals surface area contributed by atoms with Gasteiger partial charge in [-0.15, -0.1) is 11.3 Å². The number of hydrogen-bond acceptors (Lipinski definition) is 5. The first-order valence-electron chi connectivity index (χ1n) is 5.29. The van der Waals surface area contributed by atoms with Crippen molar-refractivity contribution in [2.24, 2.45) is 0 Å². The summed E-state index contributed by atoms with van der Waals surface area (Å²) in [5.74, 6) is -1.01. The molecule has 18 heavy (non-hydrogen) atoms. The van der Waals surface area contributed by atoms with Crippen LogP contribution in [0, 0.1) is 0 Å². The molecule has 0 aliphatic rings. The molecule has 1 heterocycles. The normalized spacial score (nSPS) is 10.3. The Morgan fingerprint density at radius 3 is 2.89 bits per heavy atom. The van der Waals surface area contributed by atoms with Gasteiger partial charge in [0.2, 0.25) is 0 Å². The van der Waals surface area contributed by atoms with Crippen LogP contribution in [0.15, 0.2) is 29.1 Å². The van der Waals surface area contributed by atoms with Crippen LogP contribution in [0.4, 0.5) is 11.4 Å². The first kappa shape index (κ1) is 12.4. The van der Waals surface area contributed by atoms with Crippen LogP contribution < -0.4 is 10.6 Å². The molecule has 0 aliphatic heterocycles. The summed E-state index contributed by atoms with van der Waals surface area (Å²) in [5, 5.41) is 10.9. The third-order valence-corrected chi connectivity index (χ3v) is 3.22. The minimum atomic E-state index is -1.01. The Bertz CT molecular complexity index is 554. The van der Waals surface area contributed by atoms with Crippen LogP contribution in [0.2, 0.25) is 0 Å². The number of carboxylic acid groups (broad SMARTS) is 1. The van der Waals surface area contributed by atoms with Crippen molar-refractivity contribution in [1.82, 2.24) is 4.98 Å². The zero-order valence-electron chi connectivity index (χ0n) is 9.83. The van der Waals surface area contributed by atoms with Crippen LogP contribution in [0.3, 0.4) is 0 Å². The van der Waals surface area contributed by atoms with Gasteiger partial charge in [-0.25, -0.2) is 9.78 Å². The standard InChI is InChI=1S/C12H13N3O2S/c1-15(5-8-6-18-7-14-8)9-2-3-10(12(16)17)11(13)4-9/h2-4,6-7H,5,13H2,1H3,(H,16,17). The molecule has 94 valence electrons. The van der Waals surface area contributed by atoms with Crippen molar-refractivity contribution in [3.63, 3.8) is 0 Å². The van der Waals surface area contributed by atoms with Gasteiger partial charge in [-0.3, -0.25) is 0 Å². The van der Waals surface area contributed by atoms with Gasteiger partial charge in [0.25, 0.3) is 0 Å². The Balaban J connectivity index is 2.18. The number of hydrogen-bond donors (Lipinski definition) is 2. The predicted octanol–water partition coefficient (Wildman–Crippen LogP) is 2.06. The number of nitrogen functional groups attached to an aromatic ring is 1. The van der Waals surface area contributed by atoms with Gasteiger partial charge in [0.15, 0.2) is 0 Å². The molecule has 0 amide bonds. The summed E-state index contributed by atoms with van der Waals surface area (Å²) >= 11 is 1.55. The molecule has 0 unspecified atom stereocenters. The van der Waals surface area contributed by atoms with Gasteiger partial charge in [0.05, 0.1) is 23.3 Å². The smallest absolute Gasteiger partial charge is 0.337 e. The molecule has 6 heteroatoms. The molecule has 0 radical (unpaired) electrons. The highest BCUT2D eigenvalue weighted by Gasteiger charge is 2.10. The Labute approximate surface area is 108 Å². The Kier molecular flexibility index (Phi) is 3.47. The summed E-state index contributed by atoms with van der Waals surface area (Å²) in [6.45, 7) is 0.662. The van der Waals surface area contributed by atoms with Crippen molar-refractivity contribution < 1.29 is 9.90 Å². The van der Waals surface area contributed by atoms with E-state index in [0.717, 1.165) is 11.4 Å². The summed E-state index contributed by atoms with van der Waals surface area (Å²) in [5.41, 5.74) is 9.73. The van der Waals surface area contributed by atoms with E-state index in [4.69, 9.17) is 10.8 Å². The number of nitrogens with two attached hydrogens (primary N) is 1. The van der Waals surface area contributed by atoms with E-state index in [0.29, 0.717) is 6.54 Å². The second-order valence-electron chi connectivity index (χ2n) is 3.91. The van der Waals surface area contributed by atoms with Crippen molar-refractivity contribution in [3.8, 4) is 0 Å². The van der Waals surface area contributed by atoms with E-state index in [1.807, 2.05) is 17.3 Å². The fourth-order valence-corrected chi connectivity index (χ4v) is 2.18. The molecule has 2 aromatic rings. The minimum absolute atomic E-state index is 0.126. The third kappa shape index (κ3) is 2.60. The van der Waals surface area contributed by atoms with Crippen LogP contribution in [0.25, 0.3) is 0 Å². The van der Waals surface area contributed by atoms with Gasteiger partial charge < -0.3 is 15.7 Å². The summed E-state index contributed by atoms with van der Waals surface area (Å²) < 4.78 is 0. The van der Waals surface area contributed by atoms with Gasteiger partial charge in [-0.05, 0) is 18.2 Å². The average molecular weight is 263 g/mol. The van der Waals surface area contributed by atoms with Crippen molar-refractivity contribution in [2.75, 3.05) is 17.7 Å². The number of aromatic nitrogens is 1. The molecule has 0 fully saturated rings. The van der Waals surface area contributed by atoms with Gasteiger partial charge >= 0.3 is 5.97 Å². The molecule has 2 rings (SSSR count). The number of thiazole rings is 1. The first-order chi connectivity index (χ1) is 8.58. The van der Waals surface area contributed by atoms with Crippen molar-refractivity contribution in [2.45, 2.75) is 6.54 Å². The Morgan fingerprint density at radius 1 is 1.56 bits per heavy atom. The molecule has 0 saturated heterocycles. The van der Waals surface area contributed by atoms with E-state index in [2.05, 4.69) is 4.98 Å². The highest BCUT2D eigenvalue weighted by molar-refractivity contribution is 7.07. The van der Waals surface area contributed by atoms with E-state index >= 15 is 0 Å². The van der Waals surface area contributed by atoms with Gasteiger partial charge in [0, 0.05) is 23.8 Å². The van der Waals surface area contributed by atoms with Crippen LogP contribution in [0.5, 0.6) is 0 Å². The average Bonchev–Trinajstić information content (AvgIpc) is 2.81. The lowest BCUT2D eigenvalue weighted by molar-refractivity contribution is 0.0698. The lowest BCUT2D eigenvalue weighted by Crippen LogP contribution is -2.17. The number of nitrogens with zero attached hydrogens (tertiary/aromatic N) is 2. The van der Waals surface area contributed by atoms with E-state index < -0.39 is 5.97 Å². The number of rotatable bonds is 4. The van der Waals surface area contributed by atoms with Crippen LogP contribution in [0.1, 0.15) is 16.1 Å². The topological polar surface area (TPSA) is 79.5 Å². The van der Waals surface area contributed by atoms with E-state index in [9.17, 15) is 4.79 Å². The lowest BCUT2D eigenvalue weighted by atomic mass is 10.1. The van der Waals surface area contributed by atoms with Crippen LogP contribution >= 0.6 is 11.3 Å². The van der Waals surface area contributed by atoms with Crippen molar-refractivity contribution in [3.05, 3.63) is 40.3 Å². The predicted molar refractivity (Wildman–Crippen MR) is 72.0 cm³/mol. The lowest BCUT2D eigenvalue weighted by Gasteiger charge is -2.19. The highest BCUT2D eigenvalue weighted by atomic mass is 32.1. The van der Waals surface area contributed by atoms with Crippen molar-refractivity contribution in [1.29, 1.82) is 0 Å². The quantitative estimate of drug-likeness (QED) is 0.825. The molecular weight excluding hydrogens is 250 g/mol. The SMILES string of the molecule is CN(Cc1cscn1)c1ccc(C(=O)O)c(N)c1. The molecule has 0 spiro atoms. The second-order valence-corrected chi connectivity index (χ2v) is 4.63. The Hall–Kier alpha value is -2.08. The molecule has 1 aromatic carbocycles. The number of benzene rings is 1. The van der Waals surface area contributed by atoms with Crippen LogP contribution in [-0.4, -0.2) is 23.1 Å². The maximum Gasteiger partial charge on any atom is 0.337 e. The van der Waals surface area contributed by atoms with Crippen molar-refractivity contribution >= 4 is 28.7 Å². The summed E-state index contributed by atoms with van der Waals surface area (Å²) in [4.78, 5) is 17.0. The van der Waals surface area contributed by atoms with E-state index in [-0.39, 0.29) is 11.3 Å². The molecule has 0 atom stereocenters. The molecule has 0 aliphatic carbocycles. The van der Waals surface area contributed by atoms with Gasteiger partial charge in [0.1, 0.15) is 0 Å². The van der Waals surface area contributed by atoms with E-state index in [1.165, 1.54) is 6.07 Å². The second kappa shape index (κ2) is 5.05. The number of anilines is 2. The molecule has 5 nitrogen and oxygen atoms in total. The largest absolute Gasteiger partial charge is 0.478 e. The number of carbonyl (C=O) groups is 1. The fraction of sp³-hybridized carbons (Fsp3) is 0.167. The first-order valence-corrected chi connectivity index (χ1v) is 6.23. The summed E-state index contributed by atoms with van der Waals surface area (Å²) in [6, 6.07) is 4.92.